The summed E-state index contributed by atoms with van der Waals surface area (Å²) in [5, 5.41) is 4.15. The van der Waals surface area contributed by atoms with Crippen LogP contribution >= 0.6 is 0 Å². The Bertz CT molecular complexity index is 814. The molecule has 6 heteroatoms. The van der Waals surface area contributed by atoms with Crippen molar-refractivity contribution in [2.24, 2.45) is 11.8 Å². The first kappa shape index (κ1) is 16.9. The van der Waals surface area contributed by atoms with E-state index in [1.165, 1.54) is 18.4 Å². The molecule has 0 bridgehead atoms. The van der Waals surface area contributed by atoms with Crippen LogP contribution in [-0.4, -0.2) is 35.6 Å². The highest BCUT2D eigenvalue weighted by atomic mass is 16.5. The van der Waals surface area contributed by atoms with Crippen molar-refractivity contribution in [3.05, 3.63) is 40.9 Å². The van der Waals surface area contributed by atoms with E-state index in [2.05, 4.69) is 15.0 Å². The molecule has 0 N–H and O–H groups in total. The van der Waals surface area contributed by atoms with Crippen LogP contribution in [0.2, 0.25) is 0 Å². The Balaban J connectivity index is 1.17. The number of carbonyl (C=O) groups is 1. The number of hydrogen-bond donors (Lipinski definition) is 0. The SMILES string of the molecule is Cc1noc(C2CC2)c1COC1CC2CN(c3ccc(C=O)cn3)C[C@@H]2C1. The van der Waals surface area contributed by atoms with Crippen molar-refractivity contribution < 1.29 is 14.1 Å². The summed E-state index contributed by atoms with van der Waals surface area (Å²) in [4.78, 5) is 17.6. The van der Waals surface area contributed by atoms with Gasteiger partial charge in [0.15, 0.2) is 6.29 Å². The molecule has 142 valence electrons. The number of rotatable bonds is 6. The Hall–Kier alpha value is -2.21. The predicted octanol–water partition coefficient (Wildman–Crippen LogP) is 3.50. The summed E-state index contributed by atoms with van der Waals surface area (Å²) >= 11 is 0. The molecule has 2 saturated carbocycles. The minimum absolute atomic E-state index is 0.328. The fraction of sp³-hybridized carbons (Fsp3) is 0.571. The maximum absolute atomic E-state index is 10.8. The Morgan fingerprint density at radius 2 is 2.04 bits per heavy atom. The van der Waals surface area contributed by atoms with Crippen molar-refractivity contribution in [1.82, 2.24) is 10.1 Å². The lowest BCUT2D eigenvalue weighted by Gasteiger charge is -2.20. The number of anilines is 1. The van der Waals surface area contributed by atoms with E-state index in [9.17, 15) is 4.79 Å². The molecule has 3 aliphatic rings. The van der Waals surface area contributed by atoms with Crippen molar-refractivity contribution in [3.8, 4) is 0 Å². The molecule has 6 nitrogen and oxygen atoms in total. The van der Waals surface area contributed by atoms with Gasteiger partial charge in [0, 0.05) is 36.3 Å². The third kappa shape index (κ3) is 3.27. The van der Waals surface area contributed by atoms with Gasteiger partial charge < -0.3 is 14.2 Å². The molecule has 0 spiro atoms. The summed E-state index contributed by atoms with van der Waals surface area (Å²) in [6.45, 7) is 4.69. The normalized spacial score (nSPS) is 27.1. The number of nitrogens with zero attached hydrogens (tertiary/aromatic N) is 3. The van der Waals surface area contributed by atoms with Crippen LogP contribution in [0.5, 0.6) is 0 Å². The van der Waals surface area contributed by atoms with Gasteiger partial charge in [-0.2, -0.15) is 0 Å². The minimum Gasteiger partial charge on any atom is -0.373 e. The smallest absolute Gasteiger partial charge is 0.151 e. The van der Waals surface area contributed by atoms with Gasteiger partial charge in [-0.1, -0.05) is 5.16 Å². The van der Waals surface area contributed by atoms with Gasteiger partial charge in [-0.15, -0.1) is 0 Å². The zero-order chi connectivity index (χ0) is 18.4. The van der Waals surface area contributed by atoms with Crippen LogP contribution < -0.4 is 4.90 Å². The van der Waals surface area contributed by atoms with Gasteiger partial charge in [-0.05, 0) is 56.6 Å². The number of hydrogen-bond acceptors (Lipinski definition) is 6. The number of aromatic nitrogens is 2. The molecule has 0 aromatic carbocycles. The fourth-order valence-corrected chi connectivity index (χ4v) is 4.67. The van der Waals surface area contributed by atoms with Gasteiger partial charge in [0.1, 0.15) is 11.6 Å². The Labute approximate surface area is 158 Å². The molecule has 0 radical (unpaired) electrons. The standard InChI is InChI=1S/C21H25N3O3/c1-13-19(21(27-23-13)15-3-4-15)12-26-18-6-16-9-24(10-17(16)7-18)20-5-2-14(11-25)8-22-20/h2,5,8,11,15-18H,3-4,6-7,9-10,12H2,1H3/t16-,17?,18?/m0/s1. The second-order valence-electron chi connectivity index (χ2n) is 8.28. The monoisotopic (exact) mass is 367 g/mol. The van der Waals surface area contributed by atoms with Gasteiger partial charge in [0.25, 0.3) is 0 Å². The molecular formula is C21H25N3O3. The van der Waals surface area contributed by atoms with E-state index in [1.54, 1.807) is 6.20 Å². The van der Waals surface area contributed by atoms with Crippen LogP contribution in [0.1, 0.15) is 59.0 Å². The molecule has 1 saturated heterocycles. The van der Waals surface area contributed by atoms with Crippen molar-refractivity contribution in [2.75, 3.05) is 18.0 Å². The lowest BCUT2D eigenvalue weighted by atomic mass is 10.0. The van der Waals surface area contributed by atoms with Crippen molar-refractivity contribution in [1.29, 1.82) is 0 Å². The van der Waals surface area contributed by atoms with Crippen molar-refractivity contribution in [2.45, 2.75) is 51.2 Å². The molecule has 3 heterocycles. The molecule has 2 aromatic heterocycles. The zero-order valence-electron chi connectivity index (χ0n) is 15.6. The summed E-state index contributed by atoms with van der Waals surface area (Å²) < 4.78 is 11.8. The Morgan fingerprint density at radius 1 is 1.26 bits per heavy atom. The Morgan fingerprint density at radius 3 is 2.67 bits per heavy atom. The summed E-state index contributed by atoms with van der Waals surface area (Å²) in [6, 6.07) is 3.79. The molecular weight excluding hydrogens is 342 g/mol. The second-order valence-corrected chi connectivity index (χ2v) is 8.28. The average Bonchev–Trinajstić information content (AvgIpc) is 3.19. The van der Waals surface area contributed by atoms with Crippen LogP contribution in [-0.2, 0) is 11.3 Å². The lowest BCUT2D eigenvalue weighted by Crippen LogP contribution is -2.24. The number of fused-ring (bicyclic) bond motifs is 1. The maximum Gasteiger partial charge on any atom is 0.151 e. The molecule has 2 aliphatic carbocycles. The summed E-state index contributed by atoms with van der Waals surface area (Å²) in [7, 11) is 0. The molecule has 0 amide bonds. The topological polar surface area (TPSA) is 68.5 Å². The largest absolute Gasteiger partial charge is 0.373 e. The Kier molecular flexibility index (Phi) is 4.23. The van der Waals surface area contributed by atoms with E-state index in [4.69, 9.17) is 9.26 Å². The van der Waals surface area contributed by atoms with Crippen LogP contribution in [0.3, 0.4) is 0 Å². The number of ether oxygens (including phenoxy) is 1. The average molecular weight is 367 g/mol. The summed E-state index contributed by atoms with van der Waals surface area (Å²) in [5.41, 5.74) is 2.78. The van der Waals surface area contributed by atoms with Gasteiger partial charge >= 0.3 is 0 Å². The fourth-order valence-electron chi connectivity index (χ4n) is 4.67. The zero-order valence-corrected chi connectivity index (χ0v) is 15.6. The minimum atomic E-state index is 0.328. The number of pyridine rings is 1. The molecule has 1 aliphatic heterocycles. The predicted molar refractivity (Wildman–Crippen MR) is 99.8 cm³/mol. The van der Waals surface area contributed by atoms with E-state index in [1.807, 2.05) is 19.1 Å². The number of aryl methyl sites for hydroxylation is 1. The molecule has 2 aromatic rings. The first-order valence-corrected chi connectivity index (χ1v) is 9.94. The van der Waals surface area contributed by atoms with Crippen molar-refractivity contribution in [3.63, 3.8) is 0 Å². The third-order valence-electron chi connectivity index (χ3n) is 6.37. The number of aldehydes is 1. The first-order chi connectivity index (χ1) is 13.2. The van der Waals surface area contributed by atoms with Gasteiger partial charge in [-0.25, -0.2) is 4.98 Å². The second kappa shape index (κ2) is 6.75. The lowest BCUT2D eigenvalue weighted by molar-refractivity contribution is 0.0398. The summed E-state index contributed by atoms with van der Waals surface area (Å²) in [5.74, 6) is 3.92. The van der Waals surface area contributed by atoms with E-state index in [0.29, 0.717) is 36.0 Å². The highest BCUT2D eigenvalue weighted by Gasteiger charge is 2.42. The van der Waals surface area contributed by atoms with Gasteiger partial charge in [-0.3, -0.25) is 4.79 Å². The van der Waals surface area contributed by atoms with Crippen LogP contribution in [0.15, 0.2) is 22.9 Å². The molecule has 3 fully saturated rings. The van der Waals surface area contributed by atoms with Crippen molar-refractivity contribution >= 4 is 12.1 Å². The highest BCUT2D eigenvalue weighted by Crippen LogP contribution is 2.44. The number of carbonyl (C=O) groups excluding carboxylic acids is 1. The van der Waals surface area contributed by atoms with E-state index >= 15 is 0 Å². The van der Waals surface area contributed by atoms with E-state index in [0.717, 1.165) is 49.5 Å². The third-order valence-corrected chi connectivity index (χ3v) is 6.37. The molecule has 27 heavy (non-hydrogen) atoms. The highest BCUT2D eigenvalue weighted by molar-refractivity contribution is 5.74. The van der Waals surface area contributed by atoms with E-state index < -0.39 is 0 Å². The maximum atomic E-state index is 10.8. The van der Waals surface area contributed by atoms with Gasteiger partial charge in [0.05, 0.1) is 18.4 Å². The molecule has 5 rings (SSSR count). The first-order valence-electron chi connectivity index (χ1n) is 9.94. The molecule has 3 atom stereocenters. The van der Waals surface area contributed by atoms with E-state index in [-0.39, 0.29) is 0 Å². The molecule has 2 unspecified atom stereocenters. The quantitative estimate of drug-likeness (QED) is 0.728. The van der Waals surface area contributed by atoms with Crippen LogP contribution in [0, 0.1) is 18.8 Å². The van der Waals surface area contributed by atoms with Gasteiger partial charge in [0.2, 0.25) is 0 Å². The van der Waals surface area contributed by atoms with Crippen LogP contribution in [0.25, 0.3) is 0 Å². The van der Waals surface area contributed by atoms with Crippen LogP contribution in [0.4, 0.5) is 5.82 Å². The summed E-state index contributed by atoms with van der Waals surface area (Å²) in [6.07, 6.45) is 7.46.